The van der Waals surface area contributed by atoms with E-state index in [4.69, 9.17) is 10.5 Å². The first-order valence-electron chi connectivity index (χ1n) is 4.93. The Bertz CT molecular complexity index is 492. The minimum Gasteiger partial charge on any atom is -0.494 e. The average Bonchev–Trinajstić information content (AvgIpc) is 2.70. The Labute approximate surface area is 93.8 Å². The Balaban J connectivity index is 2.53. The first-order chi connectivity index (χ1) is 7.76. The number of benzene rings is 1. The molecule has 0 atom stereocenters. The highest BCUT2D eigenvalue weighted by molar-refractivity contribution is 5.55. The van der Waals surface area contributed by atoms with Gasteiger partial charge in [0.1, 0.15) is 23.1 Å². The summed E-state index contributed by atoms with van der Waals surface area (Å²) in [5.74, 6) is 2.03. The van der Waals surface area contributed by atoms with Crippen molar-refractivity contribution in [2.75, 3.05) is 25.2 Å². The van der Waals surface area contributed by atoms with Gasteiger partial charge in [-0.25, -0.2) is 4.68 Å². The molecule has 0 radical (unpaired) electrons. The predicted octanol–water partition coefficient (Wildman–Crippen LogP) is 1.50. The topological polar surface area (TPSA) is 65.1 Å². The highest BCUT2D eigenvalue weighted by atomic mass is 16.5. The third-order valence-corrected chi connectivity index (χ3v) is 2.31. The molecule has 16 heavy (non-hydrogen) atoms. The number of anilines is 2. The highest BCUT2D eigenvalue weighted by Gasteiger charge is 2.09. The van der Waals surface area contributed by atoms with Gasteiger partial charge in [0.2, 0.25) is 0 Å². The van der Waals surface area contributed by atoms with Crippen molar-refractivity contribution in [3.8, 4) is 11.4 Å². The van der Waals surface area contributed by atoms with Crippen molar-refractivity contribution in [3.63, 3.8) is 0 Å². The zero-order valence-electron chi connectivity index (χ0n) is 9.27. The smallest absolute Gasteiger partial charge is 0.150 e. The number of rotatable bonds is 3. The summed E-state index contributed by atoms with van der Waals surface area (Å²) in [6.45, 7) is 0. The van der Waals surface area contributed by atoms with Gasteiger partial charge in [-0.15, -0.1) is 5.10 Å². The van der Waals surface area contributed by atoms with Crippen LogP contribution in [-0.4, -0.2) is 23.9 Å². The fourth-order valence-corrected chi connectivity index (χ4v) is 1.52. The van der Waals surface area contributed by atoms with Crippen LogP contribution < -0.4 is 15.8 Å². The largest absolute Gasteiger partial charge is 0.494 e. The molecule has 5 nitrogen and oxygen atoms in total. The molecule has 0 saturated carbocycles. The summed E-state index contributed by atoms with van der Waals surface area (Å²) in [6.07, 6.45) is 0. The first-order valence-corrected chi connectivity index (χ1v) is 4.93. The summed E-state index contributed by atoms with van der Waals surface area (Å²) >= 11 is 0. The van der Waals surface area contributed by atoms with Crippen LogP contribution in [0.5, 0.6) is 5.75 Å². The number of nitrogen functional groups attached to an aromatic ring is 1. The number of nitrogens with zero attached hydrogens (tertiary/aromatic N) is 2. The van der Waals surface area contributed by atoms with Crippen molar-refractivity contribution in [1.82, 2.24) is 9.78 Å². The van der Waals surface area contributed by atoms with Crippen LogP contribution >= 0.6 is 0 Å². The second-order valence-electron chi connectivity index (χ2n) is 3.29. The monoisotopic (exact) mass is 218 g/mol. The van der Waals surface area contributed by atoms with Gasteiger partial charge in [-0.2, -0.15) is 0 Å². The zero-order valence-corrected chi connectivity index (χ0v) is 9.27. The predicted molar refractivity (Wildman–Crippen MR) is 64.1 cm³/mol. The van der Waals surface area contributed by atoms with E-state index in [1.54, 1.807) is 24.9 Å². The van der Waals surface area contributed by atoms with Gasteiger partial charge in [-0.1, -0.05) is 12.1 Å². The van der Waals surface area contributed by atoms with Crippen LogP contribution in [0.2, 0.25) is 0 Å². The summed E-state index contributed by atoms with van der Waals surface area (Å²) in [5, 5.41) is 7.25. The highest BCUT2D eigenvalue weighted by Crippen LogP contribution is 2.25. The molecule has 1 aromatic heterocycles. The van der Waals surface area contributed by atoms with Crippen LogP contribution in [0, 0.1) is 0 Å². The summed E-state index contributed by atoms with van der Waals surface area (Å²) < 4.78 is 6.90. The molecule has 0 aliphatic rings. The Morgan fingerprint density at radius 3 is 2.75 bits per heavy atom. The maximum absolute atomic E-state index is 5.88. The molecule has 0 amide bonds. The SMILES string of the molecule is CNc1cc(N)n(-c2ccccc2OC)n1. The molecule has 1 heterocycles. The summed E-state index contributed by atoms with van der Waals surface area (Å²) in [4.78, 5) is 0. The molecule has 0 bridgehead atoms. The van der Waals surface area contributed by atoms with E-state index in [1.807, 2.05) is 24.3 Å². The van der Waals surface area contributed by atoms with E-state index in [0.717, 1.165) is 17.3 Å². The van der Waals surface area contributed by atoms with Crippen molar-refractivity contribution >= 4 is 11.6 Å². The number of aromatic nitrogens is 2. The van der Waals surface area contributed by atoms with E-state index in [0.29, 0.717) is 5.82 Å². The molecule has 0 aliphatic carbocycles. The average molecular weight is 218 g/mol. The molecule has 0 unspecified atom stereocenters. The van der Waals surface area contributed by atoms with Gasteiger partial charge < -0.3 is 15.8 Å². The van der Waals surface area contributed by atoms with E-state index < -0.39 is 0 Å². The lowest BCUT2D eigenvalue weighted by Gasteiger charge is -2.08. The van der Waals surface area contributed by atoms with Crippen molar-refractivity contribution in [2.45, 2.75) is 0 Å². The first kappa shape index (κ1) is 10.4. The van der Waals surface area contributed by atoms with Gasteiger partial charge in [-0.05, 0) is 12.1 Å². The molecule has 0 spiro atoms. The molecule has 1 aromatic carbocycles. The minimum absolute atomic E-state index is 0.564. The fraction of sp³-hybridized carbons (Fsp3) is 0.182. The van der Waals surface area contributed by atoms with Gasteiger partial charge in [0.05, 0.1) is 7.11 Å². The quantitative estimate of drug-likeness (QED) is 0.819. The van der Waals surface area contributed by atoms with E-state index in [-0.39, 0.29) is 0 Å². The van der Waals surface area contributed by atoms with Crippen molar-refractivity contribution in [2.24, 2.45) is 0 Å². The van der Waals surface area contributed by atoms with Crippen molar-refractivity contribution < 1.29 is 4.74 Å². The zero-order chi connectivity index (χ0) is 11.5. The van der Waals surface area contributed by atoms with E-state index in [2.05, 4.69) is 10.4 Å². The normalized spacial score (nSPS) is 10.1. The number of nitrogens with one attached hydrogen (secondary N) is 1. The van der Waals surface area contributed by atoms with Crippen LogP contribution in [0.1, 0.15) is 0 Å². The van der Waals surface area contributed by atoms with Crippen LogP contribution in [0.25, 0.3) is 5.69 Å². The molecule has 84 valence electrons. The van der Waals surface area contributed by atoms with Crippen LogP contribution in [0.15, 0.2) is 30.3 Å². The second-order valence-corrected chi connectivity index (χ2v) is 3.29. The fourth-order valence-electron chi connectivity index (χ4n) is 1.52. The lowest BCUT2D eigenvalue weighted by molar-refractivity contribution is 0.412. The third kappa shape index (κ3) is 1.67. The van der Waals surface area contributed by atoms with Crippen LogP contribution in [-0.2, 0) is 0 Å². The summed E-state index contributed by atoms with van der Waals surface area (Å²) in [5.41, 5.74) is 6.70. The van der Waals surface area contributed by atoms with E-state index >= 15 is 0 Å². The van der Waals surface area contributed by atoms with E-state index in [1.165, 1.54) is 0 Å². The second kappa shape index (κ2) is 4.14. The number of ether oxygens (including phenoxy) is 1. The van der Waals surface area contributed by atoms with Gasteiger partial charge >= 0.3 is 0 Å². The van der Waals surface area contributed by atoms with E-state index in [9.17, 15) is 0 Å². The number of nitrogens with two attached hydrogens (primary N) is 1. The minimum atomic E-state index is 0.564. The third-order valence-electron chi connectivity index (χ3n) is 2.31. The molecule has 5 heteroatoms. The number of hydrogen-bond donors (Lipinski definition) is 2. The van der Waals surface area contributed by atoms with Gasteiger partial charge in [0.25, 0.3) is 0 Å². The lowest BCUT2D eigenvalue weighted by atomic mass is 10.3. The molecule has 2 aromatic rings. The lowest BCUT2D eigenvalue weighted by Crippen LogP contribution is -2.03. The van der Waals surface area contributed by atoms with Crippen LogP contribution in [0.3, 0.4) is 0 Å². The van der Waals surface area contributed by atoms with Crippen molar-refractivity contribution in [1.29, 1.82) is 0 Å². The number of methoxy groups -OCH3 is 1. The Hall–Kier alpha value is -2.17. The Morgan fingerprint density at radius 2 is 2.12 bits per heavy atom. The Morgan fingerprint density at radius 1 is 1.38 bits per heavy atom. The molecular weight excluding hydrogens is 204 g/mol. The molecule has 0 saturated heterocycles. The van der Waals surface area contributed by atoms with Gasteiger partial charge in [-0.3, -0.25) is 0 Å². The summed E-state index contributed by atoms with van der Waals surface area (Å²) in [6, 6.07) is 9.36. The molecule has 3 N–H and O–H groups in total. The number of hydrogen-bond acceptors (Lipinski definition) is 4. The maximum Gasteiger partial charge on any atom is 0.150 e. The molecular formula is C11H14N4O. The maximum atomic E-state index is 5.88. The van der Waals surface area contributed by atoms with Crippen molar-refractivity contribution in [3.05, 3.63) is 30.3 Å². The van der Waals surface area contributed by atoms with Gasteiger partial charge in [0, 0.05) is 13.1 Å². The summed E-state index contributed by atoms with van der Waals surface area (Å²) in [7, 11) is 3.42. The van der Waals surface area contributed by atoms with Gasteiger partial charge in [0.15, 0.2) is 0 Å². The standard InChI is InChI=1S/C11H14N4O/c1-13-11-7-10(12)15(14-11)8-5-3-4-6-9(8)16-2/h3-7H,12H2,1-2H3,(H,13,14). The van der Waals surface area contributed by atoms with Crippen LogP contribution in [0.4, 0.5) is 11.6 Å². The molecule has 0 aliphatic heterocycles. The Kier molecular flexibility index (Phi) is 2.68. The molecule has 2 rings (SSSR count). The number of para-hydroxylation sites is 2. The molecule has 0 fully saturated rings.